The Morgan fingerprint density at radius 3 is 2.67 bits per heavy atom. The van der Waals surface area contributed by atoms with Crippen LogP contribution in [0, 0.1) is 17.2 Å². The Morgan fingerprint density at radius 2 is 1.96 bits per heavy atom. The van der Waals surface area contributed by atoms with Crippen molar-refractivity contribution in [3.63, 3.8) is 0 Å². The van der Waals surface area contributed by atoms with Crippen LogP contribution in [0.3, 0.4) is 0 Å². The molecule has 122 valence electrons. The Balaban J connectivity index is 1.80. The molecule has 2 aliphatic rings. The summed E-state index contributed by atoms with van der Waals surface area (Å²) < 4.78 is 0. The molecule has 3 heterocycles. The number of piperidine rings is 1. The van der Waals surface area contributed by atoms with Crippen molar-refractivity contribution in [2.24, 2.45) is 5.92 Å². The molecule has 1 unspecified atom stereocenters. The predicted molar refractivity (Wildman–Crippen MR) is 93.4 cm³/mol. The summed E-state index contributed by atoms with van der Waals surface area (Å²) in [6, 6.07) is 12.8. The summed E-state index contributed by atoms with van der Waals surface area (Å²) in [6.45, 7) is 2.13. The Labute approximate surface area is 142 Å². The van der Waals surface area contributed by atoms with Crippen LogP contribution in [0.25, 0.3) is 0 Å². The number of H-pyrrole nitrogens is 1. The van der Waals surface area contributed by atoms with Crippen molar-refractivity contribution in [2.45, 2.75) is 18.8 Å². The molecule has 0 bridgehead atoms. The average Bonchev–Trinajstić information content (AvgIpc) is 3.09. The smallest absolute Gasteiger partial charge is 0.156 e. The number of aromatic nitrogens is 2. The largest absolute Gasteiger partial charge is 0.341 e. The van der Waals surface area contributed by atoms with Gasteiger partial charge < -0.3 is 10.2 Å². The second-order valence-corrected chi connectivity index (χ2v) is 6.67. The van der Waals surface area contributed by atoms with Gasteiger partial charge in [0.25, 0.3) is 0 Å². The van der Waals surface area contributed by atoms with E-state index < -0.39 is 0 Å². The lowest BCUT2D eigenvalue weighted by molar-refractivity contribution is 0.238. The van der Waals surface area contributed by atoms with Crippen LogP contribution in [0.5, 0.6) is 0 Å². The fourth-order valence-corrected chi connectivity index (χ4v) is 3.86. The maximum absolute atomic E-state index is 9.95. The number of fused-ring (bicyclic) bond motifs is 1. The SMILES string of the molecule is CN1CCC(C2=C(C#N)C(c3ccccc3)c3c[nH]nc3N2)CC1. The molecular weight excluding hydrogens is 298 g/mol. The second kappa shape index (κ2) is 6.14. The van der Waals surface area contributed by atoms with Gasteiger partial charge in [-0.05, 0) is 38.5 Å². The third-order valence-corrected chi connectivity index (χ3v) is 5.19. The lowest BCUT2D eigenvalue weighted by Gasteiger charge is -2.34. The molecule has 4 rings (SSSR count). The molecule has 2 aromatic rings. The molecule has 2 N–H and O–H groups in total. The molecule has 0 saturated carbocycles. The normalized spacial score (nSPS) is 21.9. The van der Waals surface area contributed by atoms with Gasteiger partial charge in [0.15, 0.2) is 5.82 Å². The Morgan fingerprint density at radius 1 is 1.21 bits per heavy atom. The maximum Gasteiger partial charge on any atom is 0.156 e. The molecule has 1 fully saturated rings. The zero-order valence-electron chi connectivity index (χ0n) is 13.8. The van der Waals surface area contributed by atoms with E-state index in [9.17, 15) is 5.26 Å². The summed E-state index contributed by atoms with van der Waals surface area (Å²) in [5, 5.41) is 20.7. The Kier molecular flexibility index (Phi) is 3.83. The molecule has 0 radical (unpaired) electrons. The average molecular weight is 319 g/mol. The molecule has 1 aromatic carbocycles. The van der Waals surface area contributed by atoms with E-state index in [0.29, 0.717) is 5.92 Å². The number of nitrogens with one attached hydrogen (secondary N) is 2. The molecule has 1 aromatic heterocycles. The van der Waals surface area contributed by atoms with Crippen molar-refractivity contribution in [2.75, 3.05) is 25.5 Å². The first-order valence-electron chi connectivity index (χ1n) is 8.46. The van der Waals surface area contributed by atoms with Crippen LogP contribution in [-0.4, -0.2) is 35.2 Å². The molecule has 24 heavy (non-hydrogen) atoms. The number of anilines is 1. The lowest BCUT2D eigenvalue weighted by Crippen LogP contribution is -2.34. The number of allylic oxidation sites excluding steroid dienone is 2. The summed E-state index contributed by atoms with van der Waals surface area (Å²) in [5.41, 5.74) is 4.10. The van der Waals surface area contributed by atoms with Crippen molar-refractivity contribution in [3.8, 4) is 6.07 Å². The van der Waals surface area contributed by atoms with Crippen LogP contribution in [0.1, 0.15) is 29.9 Å². The highest BCUT2D eigenvalue weighted by Crippen LogP contribution is 2.43. The van der Waals surface area contributed by atoms with Gasteiger partial charge >= 0.3 is 0 Å². The van der Waals surface area contributed by atoms with Gasteiger partial charge in [-0.3, -0.25) is 5.10 Å². The van der Waals surface area contributed by atoms with Gasteiger partial charge in [0.05, 0.1) is 17.6 Å². The van der Waals surface area contributed by atoms with E-state index in [1.807, 2.05) is 24.4 Å². The maximum atomic E-state index is 9.95. The van der Waals surface area contributed by atoms with Gasteiger partial charge in [0.2, 0.25) is 0 Å². The molecule has 0 amide bonds. The highest BCUT2D eigenvalue weighted by molar-refractivity contribution is 5.64. The molecule has 5 heteroatoms. The number of nitrogens with zero attached hydrogens (tertiary/aromatic N) is 3. The minimum absolute atomic E-state index is 0.0409. The van der Waals surface area contributed by atoms with E-state index in [1.54, 1.807) is 0 Å². The van der Waals surface area contributed by atoms with Gasteiger partial charge in [0, 0.05) is 23.4 Å². The van der Waals surface area contributed by atoms with Crippen molar-refractivity contribution in [1.29, 1.82) is 5.26 Å². The quantitative estimate of drug-likeness (QED) is 0.892. The van der Waals surface area contributed by atoms with E-state index in [2.05, 4.69) is 45.7 Å². The summed E-state index contributed by atoms with van der Waals surface area (Å²) in [4.78, 5) is 2.35. The van der Waals surface area contributed by atoms with Gasteiger partial charge in [-0.25, -0.2) is 0 Å². The molecule has 0 spiro atoms. The van der Waals surface area contributed by atoms with E-state index in [0.717, 1.165) is 54.1 Å². The number of benzene rings is 1. The van der Waals surface area contributed by atoms with Crippen molar-refractivity contribution >= 4 is 5.82 Å². The molecule has 0 aliphatic carbocycles. The fraction of sp³-hybridized carbons (Fsp3) is 0.368. The number of likely N-dealkylation sites (tertiary alicyclic amines) is 1. The number of rotatable bonds is 2. The summed E-state index contributed by atoms with van der Waals surface area (Å²) in [5.74, 6) is 1.21. The Bertz CT molecular complexity index is 791. The molecule has 1 atom stereocenters. The monoisotopic (exact) mass is 319 g/mol. The zero-order valence-corrected chi connectivity index (χ0v) is 13.8. The minimum Gasteiger partial charge on any atom is -0.341 e. The second-order valence-electron chi connectivity index (χ2n) is 6.67. The topological polar surface area (TPSA) is 67.7 Å². The first-order chi connectivity index (χ1) is 11.8. The lowest BCUT2D eigenvalue weighted by atomic mass is 9.79. The first kappa shape index (κ1) is 15.0. The summed E-state index contributed by atoms with van der Waals surface area (Å²) in [6.07, 6.45) is 4.05. The molecule has 2 aliphatic heterocycles. The number of hydrogen-bond donors (Lipinski definition) is 2. The van der Waals surface area contributed by atoms with Crippen LogP contribution in [0.4, 0.5) is 5.82 Å². The van der Waals surface area contributed by atoms with Crippen LogP contribution in [0.2, 0.25) is 0 Å². The van der Waals surface area contributed by atoms with Crippen LogP contribution >= 0.6 is 0 Å². The van der Waals surface area contributed by atoms with E-state index in [-0.39, 0.29) is 5.92 Å². The van der Waals surface area contributed by atoms with E-state index >= 15 is 0 Å². The van der Waals surface area contributed by atoms with Gasteiger partial charge in [0.1, 0.15) is 0 Å². The highest BCUT2D eigenvalue weighted by Gasteiger charge is 2.34. The van der Waals surface area contributed by atoms with Crippen LogP contribution in [0.15, 0.2) is 47.8 Å². The first-order valence-corrected chi connectivity index (χ1v) is 8.46. The molecule has 1 saturated heterocycles. The van der Waals surface area contributed by atoms with Gasteiger partial charge in [-0.1, -0.05) is 30.3 Å². The third kappa shape index (κ3) is 2.49. The third-order valence-electron chi connectivity index (χ3n) is 5.19. The Hall–Kier alpha value is -2.58. The zero-order chi connectivity index (χ0) is 16.5. The predicted octanol–water partition coefficient (Wildman–Crippen LogP) is 3.09. The standard InChI is InChI=1S/C19H21N5/c1-24-9-7-14(8-10-24)18-15(11-20)17(13-5-3-2-4-6-13)16-12-21-23-19(16)22-18/h2-6,12,14,17H,7-10H2,1H3,(H2,21,22,23). The van der Waals surface area contributed by atoms with Gasteiger partial charge in [-0.15, -0.1) is 0 Å². The summed E-state index contributed by atoms with van der Waals surface area (Å²) in [7, 11) is 2.16. The van der Waals surface area contributed by atoms with E-state index in [4.69, 9.17) is 0 Å². The fourth-order valence-electron chi connectivity index (χ4n) is 3.86. The van der Waals surface area contributed by atoms with Crippen LogP contribution < -0.4 is 5.32 Å². The number of hydrogen-bond acceptors (Lipinski definition) is 4. The van der Waals surface area contributed by atoms with E-state index in [1.165, 1.54) is 0 Å². The molecule has 5 nitrogen and oxygen atoms in total. The highest BCUT2D eigenvalue weighted by atomic mass is 15.2. The van der Waals surface area contributed by atoms with Crippen molar-refractivity contribution < 1.29 is 0 Å². The van der Waals surface area contributed by atoms with Crippen molar-refractivity contribution in [1.82, 2.24) is 15.1 Å². The van der Waals surface area contributed by atoms with Crippen LogP contribution in [-0.2, 0) is 0 Å². The van der Waals surface area contributed by atoms with Gasteiger partial charge in [-0.2, -0.15) is 10.4 Å². The summed E-state index contributed by atoms with van der Waals surface area (Å²) >= 11 is 0. The molecular formula is C19H21N5. The number of aromatic amines is 1. The number of nitriles is 1. The van der Waals surface area contributed by atoms with Crippen molar-refractivity contribution in [3.05, 3.63) is 58.9 Å². The minimum atomic E-state index is -0.0409.